The van der Waals surface area contributed by atoms with Crippen molar-refractivity contribution in [2.75, 3.05) is 0 Å². The molecule has 1 heterocycles. The third-order valence-electron chi connectivity index (χ3n) is 9.18. The Morgan fingerprint density at radius 1 is 0.865 bits per heavy atom. The van der Waals surface area contributed by atoms with E-state index in [1.54, 1.807) is 26.0 Å². The number of ether oxygens (including phenoxy) is 2. The smallest absolute Gasteiger partial charge is 0.331 e. The van der Waals surface area contributed by atoms with Gasteiger partial charge in [-0.15, -0.1) is 0 Å². The summed E-state index contributed by atoms with van der Waals surface area (Å²) >= 11 is 0. The van der Waals surface area contributed by atoms with Crippen molar-refractivity contribution in [2.24, 2.45) is 17.8 Å². The lowest BCUT2D eigenvalue weighted by atomic mass is 9.90. The van der Waals surface area contributed by atoms with Crippen LogP contribution >= 0.6 is 0 Å². The van der Waals surface area contributed by atoms with Crippen LogP contribution in [0.3, 0.4) is 0 Å². The van der Waals surface area contributed by atoms with Crippen LogP contribution in [0.2, 0.25) is 0 Å². The van der Waals surface area contributed by atoms with Crippen LogP contribution in [0.1, 0.15) is 114 Å². The van der Waals surface area contributed by atoms with Crippen molar-refractivity contribution in [1.82, 2.24) is 0 Å². The number of aliphatic hydroxyl groups is 5. The summed E-state index contributed by atoms with van der Waals surface area (Å²) in [5, 5.41) is 49.4. The number of carbonyl (C=O) groups is 2. The molecule has 1 unspecified atom stereocenters. The Hall–Kier alpha value is -3.08. The molecule has 294 valence electrons. The van der Waals surface area contributed by atoms with Gasteiger partial charge >= 0.3 is 11.9 Å². The summed E-state index contributed by atoms with van der Waals surface area (Å²) in [7, 11) is 0. The Bertz CT molecular complexity index is 1300. The first-order chi connectivity index (χ1) is 24.4. The summed E-state index contributed by atoms with van der Waals surface area (Å²) in [6.07, 6.45) is 17.5. The lowest BCUT2D eigenvalue weighted by molar-refractivity contribution is -0.151. The van der Waals surface area contributed by atoms with Crippen LogP contribution in [0.5, 0.6) is 0 Å². The van der Waals surface area contributed by atoms with Crippen molar-refractivity contribution in [3.05, 3.63) is 83.1 Å². The first-order valence-corrected chi connectivity index (χ1v) is 18.9. The highest BCUT2D eigenvalue weighted by molar-refractivity contribution is 5.82. The number of esters is 2. The molecule has 52 heavy (non-hydrogen) atoms. The van der Waals surface area contributed by atoms with Gasteiger partial charge in [-0.3, -0.25) is 4.79 Å². The number of cyclic esters (lactones) is 1. The fourth-order valence-electron chi connectivity index (χ4n) is 6.18. The standard InChI is InChI=1S/C43H68O9/c1-28(14-12-15-29(2)25-38(47)39(48)27-36(9)45)22-30(3)20-21-43(50)51-40-18-13-19-42(49)52-41(17-11-10-16-32(40)5)34(7)24-31(4)23-33(6)37(46)26-35(8)44/h10-12,14-15,20-23,25,32-41,44-48H,13,16-19,24,26-27H2,1-9H3/b11-10+,15-12+,21-20+,28-14+,29-25+,30-22+,31-23+/t32-,33+,34-,35+,36+,37+,38-,39-,40-,41?/m0/s1. The third kappa shape index (κ3) is 20.8. The largest absolute Gasteiger partial charge is 0.462 e. The molecule has 0 aromatic rings. The normalized spacial score (nSPS) is 25.3. The second-order valence-electron chi connectivity index (χ2n) is 15.1. The Morgan fingerprint density at radius 2 is 1.50 bits per heavy atom. The number of hydrogen-bond acceptors (Lipinski definition) is 9. The second kappa shape index (κ2) is 25.0. The van der Waals surface area contributed by atoms with Crippen LogP contribution in [-0.4, -0.2) is 80.2 Å². The van der Waals surface area contributed by atoms with E-state index in [1.165, 1.54) is 6.08 Å². The van der Waals surface area contributed by atoms with Gasteiger partial charge < -0.3 is 35.0 Å². The topological polar surface area (TPSA) is 154 Å². The molecule has 1 rings (SSSR count). The SMILES string of the molecule is CC(=C\C=C\C(C)=C\[C@H](O)[C@@H](O)C[C@@H](C)O)/C=C(C)/C=C/C(=O)O[C@H]1CCCC(=O)OC([C@@H](C)C/C(C)=C/[C@@H](C)[C@H](O)C[C@@H](C)O)C/C=C/C[C@@H]1C. The van der Waals surface area contributed by atoms with Crippen LogP contribution in [0.25, 0.3) is 0 Å². The minimum absolute atomic E-state index is 0.0633. The van der Waals surface area contributed by atoms with Gasteiger partial charge in [-0.2, -0.15) is 0 Å². The Balaban J connectivity index is 2.79. The fourth-order valence-corrected chi connectivity index (χ4v) is 6.18. The molecule has 0 spiro atoms. The average molecular weight is 729 g/mol. The molecule has 0 fully saturated rings. The predicted molar refractivity (Wildman–Crippen MR) is 208 cm³/mol. The maximum Gasteiger partial charge on any atom is 0.331 e. The number of rotatable bonds is 17. The van der Waals surface area contributed by atoms with Crippen molar-refractivity contribution in [3.63, 3.8) is 0 Å². The summed E-state index contributed by atoms with van der Waals surface area (Å²) in [4.78, 5) is 25.7. The molecule has 0 aliphatic carbocycles. The molecule has 5 N–H and O–H groups in total. The second-order valence-corrected chi connectivity index (χ2v) is 15.1. The van der Waals surface area contributed by atoms with Crippen LogP contribution in [0.4, 0.5) is 0 Å². The molecule has 0 bridgehead atoms. The molecule has 0 amide bonds. The van der Waals surface area contributed by atoms with Gasteiger partial charge in [-0.25, -0.2) is 4.79 Å². The van der Waals surface area contributed by atoms with Gasteiger partial charge in [0.1, 0.15) is 12.2 Å². The van der Waals surface area contributed by atoms with E-state index in [9.17, 15) is 35.1 Å². The zero-order valence-electron chi connectivity index (χ0n) is 33.1. The molecule has 0 saturated carbocycles. The zero-order chi connectivity index (χ0) is 39.4. The van der Waals surface area contributed by atoms with Crippen molar-refractivity contribution in [1.29, 1.82) is 0 Å². The maximum atomic E-state index is 12.9. The van der Waals surface area contributed by atoms with E-state index in [2.05, 4.69) is 19.9 Å². The van der Waals surface area contributed by atoms with Crippen molar-refractivity contribution >= 4 is 11.9 Å². The van der Waals surface area contributed by atoms with Crippen LogP contribution in [0.15, 0.2) is 83.1 Å². The van der Waals surface area contributed by atoms with E-state index < -0.39 is 36.5 Å². The Morgan fingerprint density at radius 3 is 2.15 bits per heavy atom. The molecule has 0 aromatic carbocycles. The molecule has 1 aliphatic rings. The molecular formula is C43H68O9. The zero-order valence-corrected chi connectivity index (χ0v) is 33.1. The van der Waals surface area contributed by atoms with Crippen LogP contribution in [-0.2, 0) is 19.1 Å². The summed E-state index contributed by atoms with van der Waals surface area (Å²) in [5.41, 5.74) is 3.68. The van der Waals surface area contributed by atoms with E-state index in [0.717, 1.165) is 35.1 Å². The van der Waals surface area contributed by atoms with Gasteiger partial charge in [0, 0.05) is 31.3 Å². The van der Waals surface area contributed by atoms with E-state index in [0.29, 0.717) is 25.7 Å². The fraction of sp³-hybridized carbons (Fsp3) is 0.628. The van der Waals surface area contributed by atoms with Crippen molar-refractivity contribution < 1.29 is 44.6 Å². The highest BCUT2D eigenvalue weighted by atomic mass is 16.5. The minimum Gasteiger partial charge on any atom is -0.462 e. The molecular weight excluding hydrogens is 660 g/mol. The molecule has 0 aromatic heterocycles. The molecule has 9 nitrogen and oxygen atoms in total. The third-order valence-corrected chi connectivity index (χ3v) is 9.18. The first kappa shape index (κ1) is 46.9. The van der Waals surface area contributed by atoms with Gasteiger partial charge in [0.2, 0.25) is 0 Å². The van der Waals surface area contributed by atoms with Gasteiger partial charge in [0.05, 0.1) is 30.5 Å². The first-order valence-electron chi connectivity index (χ1n) is 18.9. The highest BCUT2D eigenvalue weighted by Crippen LogP contribution is 2.26. The van der Waals surface area contributed by atoms with Gasteiger partial charge in [-0.1, -0.05) is 97.7 Å². The quantitative estimate of drug-likeness (QED) is 0.0455. The van der Waals surface area contributed by atoms with Gasteiger partial charge in [0.15, 0.2) is 0 Å². The number of carbonyl (C=O) groups excluding carboxylic acids is 2. The number of allylic oxidation sites excluding steroid dienone is 10. The lowest BCUT2D eigenvalue weighted by Gasteiger charge is -2.26. The Labute approximate surface area is 313 Å². The molecule has 0 saturated heterocycles. The minimum atomic E-state index is -1.07. The van der Waals surface area contributed by atoms with E-state index in [4.69, 9.17) is 9.47 Å². The van der Waals surface area contributed by atoms with Gasteiger partial charge in [0.25, 0.3) is 0 Å². The van der Waals surface area contributed by atoms with E-state index >= 15 is 0 Å². The van der Waals surface area contributed by atoms with Crippen LogP contribution < -0.4 is 0 Å². The Kier molecular flexibility index (Phi) is 22.6. The summed E-state index contributed by atoms with van der Waals surface area (Å²) in [5.74, 6) is -0.652. The summed E-state index contributed by atoms with van der Waals surface area (Å²) in [6.45, 7) is 17.0. The molecule has 9 heteroatoms. The van der Waals surface area contributed by atoms with E-state index in [-0.39, 0.29) is 48.8 Å². The number of aliphatic hydroxyl groups excluding tert-OH is 5. The average Bonchev–Trinajstić information content (AvgIpc) is 3.03. The highest BCUT2D eigenvalue weighted by Gasteiger charge is 2.25. The molecule has 10 atom stereocenters. The van der Waals surface area contributed by atoms with Gasteiger partial charge in [-0.05, 0) is 85.5 Å². The van der Waals surface area contributed by atoms with Crippen molar-refractivity contribution in [3.8, 4) is 0 Å². The van der Waals surface area contributed by atoms with Crippen LogP contribution in [0, 0.1) is 17.8 Å². The molecule has 0 radical (unpaired) electrons. The monoisotopic (exact) mass is 728 g/mol. The number of hydrogen-bond donors (Lipinski definition) is 5. The van der Waals surface area contributed by atoms with Crippen molar-refractivity contribution in [2.45, 2.75) is 156 Å². The summed E-state index contributed by atoms with van der Waals surface area (Å²) in [6, 6.07) is 0. The van der Waals surface area contributed by atoms with E-state index in [1.807, 2.05) is 71.1 Å². The summed E-state index contributed by atoms with van der Waals surface area (Å²) < 4.78 is 11.8. The molecule has 1 aliphatic heterocycles. The predicted octanol–water partition coefficient (Wildman–Crippen LogP) is 7.15. The maximum absolute atomic E-state index is 12.9. The lowest BCUT2D eigenvalue weighted by Crippen LogP contribution is -2.27.